The molecule has 96 valence electrons. The largest absolute Gasteiger partial charge is 0.437 e. The maximum atomic E-state index is 8.92. The maximum absolute atomic E-state index is 8.92. The predicted octanol–water partition coefficient (Wildman–Crippen LogP) is 4.78. The lowest BCUT2D eigenvalue weighted by Gasteiger charge is -2.12. The number of hydrogen-bond donors (Lipinski definition) is 0. The number of benzene rings is 1. The Bertz CT molecular complexity index is 657. The molecule has 1 aromatic heterocycles. The summed E-state index contributed by atoms with van der Waals surface area (Å²) in [5.74, 6) is 1.15. The third-order valence-corrected chi connectivity index (χ3v) is 3.34. The van der Waals surface area contributed by atoms with Crippen molar-refractivity contribution < 1.29 is 4.74 Å². The Morgan fingerprint density at radius 2 is 1.89 bits per heavy atom. The Hall–Kier alpha value is -1.57. The Morgan fingerprint density at radius 3 is 2.42 bits per heavy atom. The molecule has 0 N–H and O–H groups in total. The highest BCUT2D eigenvalue weighted by molar-refractivity contribution is 9.10. The van der Waals surface area contributed by atoms with Crippen LogP contribution in [0.1, 0.15) is 16.7 Å². The molecule has 1 aromatic carbocycles. The molecule has 0 aliphatic rings. The van der Waals surface area contributed by atoms with Gasteiger partial charge in [-0.25, -0.2) is 4.98 Å². The first kappa shape index (κ1) is 13.9. The lowest BCUT2D eigenvalue weighted by Crippen LogP contribution is -1.95. The zero-order chi connectivity index (χ0) is 14.0. The van der Waals surface area contributed by atoms with Gasteiger partial charge in [0.15, 0.2) is 0 Å². The minimum absolute atomic E-state index is 0.445. The summed E-state index contributed by atoms with van der Waals surface area (Å²) in [6.07, 6.45) is 1.52. The summed E-state index contributed by atoms with van der Waals surface area (Å²) in [5.41, 5.74) is 2.39. The zero-order valence-corrected chi connectivity index (χ0v) is 12.7. The number of nitriles is 1. The van der Waals surface area contributed by atoms with Crippen LogP contribution in [0.3, 0.4) is 0 Å². The number of hydrogen-bond acceptors (Lipinski definition) is 3. The molecule has 0 amide bonds. The van der Waals surface area contributed by atoms with Gasteiger partial charge in [-0.2, -0.15) is 5.26 Å². The van der Waals surface area contributed by atoms with Crippen LogP contribution in [-0.2, 0) is 0 Å². The average Bonchev–Trinajstić information content (AvgIpc) is 2.35. The topological polar surface area (TPSA) is 45.9 Å². The van der Waals surface area contributed by atoms with Gasteiger partial charge in [0, 0.05) is 6.20 Å². The van der Waals surface area contributed by atoms with Crippen LogP contribution in [-0.4, -0.2) is 4.98 Å². The van der Waals surface area contributed by atoms with Gasteiger partial charge in [0.25, 0.3) is 0 Å². The molecule has 3 nitrogen and oxygen atoms in total. The van der Waals surface area contributed by atoms with Crippen LogP contribution in [0.25, 0.3) is 0 Å². The molecule has 19 heavy (non-hydrogen) atoms. The van der Waals surface area contributed by atoms with E-state index in [0.717, 1.165) is 11.1 Å². The molecule has 0 spiro atoms. The van der Waals surface area contributed by atoms with Gasteiger partial charge >= 0.3 is 0 Å². The van der Waals surface area contributed by atoms with Crippen LogP contribution >= 0.6 is 27.5 Å². The maximum Gasteiger partial charge on any atom is 0.233 e. The van der Waals surface area contributed by atoms with E-state index in [4.69, 9.17) is 21.6 Å². The highest BCUT2D eigenvalue weighted by atomic mass is 79.9. The minimum Gasteiger partial charge on any atom is -0.437 e. The molecule has 0 aliphatic carbocycles. The van der Waals surface area contributed by atoms with Crippen LogP contribution < -0.4 is 4.74 Å². The molecule has 0 bridgehead atoms. The second kappa shape index (κ2) is 5.60. The van der Waals surface area contributed by atoms with E-state index < -0.39 is 0 Å². The van der Waals surface area contributed by atoms with Gasteiger partial charge in [-0.05, 0) is 59.1 Å². The summed E-state index contributed by atoms with van der Waals surface area (Å²) in [6.45, 7) is 3.79. The molecular formula is C14H10BrClN2O. The van der Waals surface area contributed by atoms with E-state index >= 15 is 0 Å². The summed E-state index contributed by atoms with van der Waals surface area (Å²) in [7, 11) is 0. The first-order chi connectivity index (χ1) is 9.01. The summed E-state index contributed by atoms with van der Waals surface area (Å²) in [4.78, 5) is 4.13. The monoisotopic (exact) mass is 336 g/mol. The Kier molecular flexibility index (Phi) is 4.08. The molecule has 1 heterocycles. The fourth-order valence-corrected chi connectivity index (χ4v) is 2.47. The molecule has 2 rings (SSSR count). The third kappa shape index (κ3) is 3.06. The van der Waals surface area contributed by atoms with Gasteiger partial charge in [-0.1, -0.05) is 11.6 Å². The Balaban J connectivity index is 2.41. The number of nitrogens with zero attached hydrogens (tertiary/aromatic N) is 2. The van der Waals surface area contributed by atoms with E-state index in [1.165, 1.54) is 6.20 Å². The molecule has 2 aromatic rings. The lowest BCUT2D eigenvalue weighted by molar-refractivity contribution is 0.453. The minimum atomic E-state index is 0.445. The van der Waals surface area contributed by atoms with Gasteiger partial charge in [0.05, 0.1) is 21.1 Å². The molecule has 0 saturated heterocycles. The number of rotatable bonds is 2. The molecule has 0 unspecified atom stereocenters. The van der Waals surface area contributed by atoms with Crippen LogP contribution in [0.4, 0.5) is 0 Å². The van der Waals surface area contributed by atoms with E-state index in [0.29, 0.717) is 26.7 Å². The molecule has 0 atom stereocenters. The number of aryl methyl sites for hydroxylation is 2. The molecule has 0 fully saturated rings. The van der Waals surface area contributed by atoms with Crippen molar-refractivity contribution in [3.63, 3.8) is 0 Å². The SMILES string of the molecule is Cc1cc(C#N)cc(C)c1Oc1ncc(Cl)cc1Br. The van der Waals surface area contributed by atoms with Crippen molar-refractivity contribution in [2.75, 3.05) is 0 Å². The van der Waals surface area contributed by atoms with Crippen molar-refractivity contribution >= 4 is 27.5 Å². The highest BCUT2D eigenvalue weighted by Crippen LogP contribution is 2.33. The summed E-state index contributed by atoms with van der Waals surface area (Å²) in [6, 6.07) is 7.41. The second-order valence-corrected chi connectivity index (χ2v) is 5.38. The molecular weight excluding hydrogens is 328 g/mol. The summed E-state index contributed by atoms with van der Waals surface area (Å²) < 4.78 is 6.48. The number of halogens is 2. The van der Waals surface area contributed by atoms with Crippen LogP contribution in [0.15, 0.2) is 28.9 Å². The zero-order valence-electron chi connectivity index (χ0n) is 10.4. The number of aromatic nitrogens is 1. The van der Waals surface area contributed by atoms with Crippen LogP contribution in [0.5, 0.6) is 11.6 Å². The van der Waals surface area contributed by atoms with Crippen molar-refractivity contribution in [3.05, 3.63) is 50.6 Å². The molecule has 0 radical (unpaired) electrons. The van der Waals surface area contributed by atoms with Crippen molar-refractivity contribution in [3.8, 4) is 17.7 Å². The fraction of sp³-hybridized carbons (Fsp3) is 0.143. The van der Waals surface area contributed by atoms with E-state index in [1.54, 1.807) is 18.2 Å². The smallest absolute Gasteiger partial charge is 0.233 e. The quantitative estimate of drug-likeness (QED) is 0.792. The third-order valence-electron chi connectivity index (χ3n) is 2.56. The van der Waals surface area contributed by atoms with Crippen molar-refractivity contribution in [1.82, 2.24) is 4.98 Å². The predicted molar refractivity (Wildman–Crippen MR) is 77.7 cm³/mol. The Labute approximate surface area is 124 Å². The summed E-state index contributed by atoms with van der Waals surface area (Å²) in [5, 5.41) is 9.45. The van der Waals surface area contributed by atoms with Gasteiger partial charge in [0.2, 0.25) is 5.88 Å². The lowest BCUT2D eigenvalue weighted by atomic mass is 10.1. The highest BCUT2D eigenvalue weighted by Gasteiger charge is 2.11. The van der Waals surface area contributed by atoms with E-state index in [1.807, 2.05) is 13.8 Å². The van der Waals surface area contributed by atoms with Gasteiger partial charge in [-0.3, -0.25) is 0 Å². The van der Waals surface area contributed by atoms with E-state index in [2.05, 4.69) is 27.0 Å². The number of ether oxygens (including phenoxy) is 1. The normalized spacial score (nSPS) is 10.1. The van der Waals surface area contributed by atoms with Crippen LogP contribution in [0.2, 0.25) is 5.02 Å². The Morgan fingerprint density at radius 1 is 1.26 bits per heavy atom. The second-order valence-electron chi connectivity index (χ2n) is 4.09. The average molecular weight is 338 g/mol. The summed E-state index contributed by atoms with van der Waals surface area (Å²) >= 11 is 9.20. The van der Waals surface area contributed by atoms with E-state index in [9.17, 15) is 0 Å². The standard InChI is InChI=1S/C14H10BrClN2O/c1-8-3-10(6-17)4-9(2)13(8)19-14-12(15)5-11(16)7-18-14/h3-5,7H,1-2H3. The molecule has 5 heteroatoms. The first-order valence-corrected chi connectivity index (χ1v) is 6.68. The van der Waals surface area contributed by atoms with Gasteiger partial charge in [0.1, 0.15) is 5.75 Å². The van der Waals surface area contributed by atoms with E-state index in [-0.39, 0.29) is 0 Å². The van der Waals surface area contributed by atoms with Crippen molar-refractivity contribution in [2.45, 2.75) is 13.8 Å². The molecule has 0 aliphatic heterocycles. The number of pyridine rings is 1. The van der Waals surface area contributed by atoms with Crippen LogP contribution in [0, 0.1) is 25.2 Å². The first-order valence-electron chi connectivity index (χ1n) is 5.51. The molecule has 0 saturated carbocycles. The fourth-order valence-electron chi connectivity index (χ4n) is 1.75. The van der Waals surface area contributed by atoms with Crippen molar-refractivity contribution in [1.29, 1.82) is 5.26 Å². The van der Waals surface area contributed by atoms with Gasteiger partial charge in [-0.15, -0.1) is 0 Å². The van der Waals surface area contributed by atoms with Crippen molar-refractivity contribution in [2.24, 2.45) is 0 Å². The van der Waals surface area contributed by atoms with Gasteiger partial charge < -0.3 is 4.74 Å².